The molecule has 0 saturated heterocycles. The van der Waals surface area contributed by atoms with Crippen LogP contribution in [0.1, 0.15) is 93.3 Å². The summed E-state index contributed by atoms with van der Waals surface area (Å²) in [6, 6.07) is 5.17. The zero-order chi connectivity index (χ0) is 41.4. The van der Waals surface area contributed by atoms with Crippen molar-refractivity contribution >= 4 is 75.7 Å². The first-order chi connectivity index (χ1) is 27.7. The molecule has 3 N–H and O–H groups in total. The quantitative estimate of drug-likeness (QED) is 0.177. The maximum Gasteiger partial charge on any atom is 0.173 e. The van der Waals surface area contributed by atoms with Gasteiger partial charge in [0.15, 0.2) is 11.6 Å². The van der Waals surface area contributed by atoms with Crippen molar-refractivity contribution in [3.05, 3.63) is 105 Å². The summed E-state index contributed by atoms with van der Waals surface area (Å²) in [6.07, 6.45) is 13.4. The van der Waals surface area contributed by atoms with Gasteiger partial charge in [0.2, 0.25) is 0 Å². The van der Waals surface area contributed by atoms with E-state index < -0.39 is 35.2 Å². The summed E-state index contributed by atoms with van der Waals surface area (Å²) >= 11 is 0. The first-order valence-electron chi connectivity index (χ1n) is 19.5. The first-order valence-corrected chi connectivity index (χ1v) is 19.5. The molecule has 3 aliphatic carbocycles. The third kappa shape index (κ3) is 6.41. The lowest BCUT2D eigenvalue weighted by atomic mass is 9.82. The van der Waals surface area contributed by atoms with Gasteiger partial charge in [-0.3, -0.25) is 14.4 Å². The molecule has 58 heavy (non-hydrogen) atoms. The number of hydrogen-bond donors (Lipinski definition) is 3. The summed E-state index contributed by atoms with van der Waals surface area (Å²) in [7, 11) is 0. The largest absolute Gasteiger partial charge is 0.383 e. The average molecular weight is 778 g/mol. The first kappa shape index (κ1) is 38.6. The number of aldehydes is 4. The molecular weight excluding hydrogens is 735 g/mol. The number of rotatable bonds is 10. The van der Waals surface area contributed by atoms with E-state index in [2.05, 4.69) is 16.5 Å². The molecule has 3 aliphatic heterocycles. The number of Topliss-reactive ketones (excluding diaryl/α,β-unsaturated/α-hetero) is 2. The minimum atomic E-state index is -1.87. The smallest absolute Gasteiger partial charge is 0.173 e. The van der Waals surface area contributed by atoms with Gasteiger partial charge in [-0.25, -0.2) is 15.0 Å². The molecule has 2 aromatic heterocycles. The van der Waals surface area contributed by atoms with E-state index in [1.54, 1.807) is 32.1 Å². The molecule has 12 nitrogen and oxygen atoms in total. The Hall–Kier alpha value is -6.27. The number of hydrogen-bond acceptors (Lipinski definition) is 10. The number of ketones is 2. The zero-order valence-corrected chi connectivity index (χ0v) is 32.8. The fraction of sp³-hybridized carbons (Fsp3) is 0.326. The minimum Gasteiger partial charge on any atom is -0.383 e. The van der Waals surface area contributed by atoms with E-state index in [9.17, 15) is 33.9 Å². The second-order valence-corrected chi connectivity index (χ2v) is 16.1. The van der Waals surface area contributed by atoms with E-state index in [0.717, 1.165) is 30.1 Å². The van der Waals surface area contributed by atoms with Crippen LogP contribution in [0.2, 0.25) is 0 Å². The number of H-pyrrole nitrogens is 2. The average Bonchev–Trinajstić information content (AvgIpc) is 4.15. The lowest BCUT2D eigenvalue weighted by Crippen LogP contribution is -2.35. The molecule has 0 aromatic carbocycles. The highest BCUT2D eigenvalue weighted by Crippen LogP contribution is 2.45. The molecule has 2 saturated carbocycles. The van der Waals surface area contributed by atoms with Gasteiger partial charge in [-0.05, 0) is 61.6 Å². The Bertz CT molecular complexity index is 2740. The van der Waals surface area contributed by atoms with E-state index in [4.69, 9.17) is 15.0 Å². The van der Waals surface area contributed by atoms with Crippen LogP contribution in [0, 0.1) is 29.6 Å². The highest BCUT2D eigenvalue weighted by atomic mass is 16.3. The highest BCUT2D eigenvalue weighted by molar-refractivity contribution is 6.38. The molecule has 8 bridgehead atoms. The van der Waals surface area contributed by atoms with Gasteiger partial charge in [-0.2, -0.15) is 0 Å². The van der Waals surface area contributed by atoms with Crippen molar-refractivity contribution in [2.45, 2.75) is 64.9 Å². The van der Waals surface area contributed by atoms with Crippen molar-refractivity contribution in [1.29, 1.82) is 0 Å². The SMILES string of the molecule is C=C(C=O)C1=C(C(C)C=O)c2nc1c/c1[nH]/c(cc3nc(cc4[nH]c(n2)c(C(C)C=O)c4C(C=O)CC)C(C)(O)C(C(C)=O)/C=C\C2C=C32)=C2\CC2/C=C\C2C(=O)/C=12. The van der Waals surface area contributed by atoms with E-state index in [-0.39, 0.29) is 57.4 Å². The van der Waals surface area contributed by atoms with Crippen LogP contribution in [-0.4, -0.2) is 66.7 Å². The van der Waals surface area contributed by atoms with Crippen molar-refractivity contribution < 1.29 is 33.9 Å². The third-order valence-electron chi connectivity index (χ3n) is 12.1. The molecule has 12 heteroatoms. The van der Waals surface area contributed by atoms with Gasteiger partial charge in [-0.15, -0.1) is 0 Å². The Balaban J connectivity index is 1.66. The van der Waals surface area contributed by atoms with Gasteiger partial charge < -0.3 is 29.5 Å². The van der Waals surface area contributed by atoms with Crippen LogP contribution < -0.4 is 10.7 Å². The number of nitrogens with one attached hydrogen (secondary N) is 2. The van der Waals surface area contributed by atoms with Crippen molar-refractivity contribution in [2.75, 3.05) is 0 Å². The predicted molar refractivity (Wildman–Crippen MR) is 217 cm³/mol. The van der Waals surface area contributed by atoms with Gasteiger partial charge in [0.25, 0.3) is 0 Å². The fourth-order valence-corrected chi connectivity index (χ4v) is 8.54. The molecule has 8 rings (SSSR count). The van der Waals surface area contributed by atoms with Gasteiger partial charge in [0.1, 0.15) is 42.2 Å². The van der Waals surface area contributed by atoms with E-state index in [1.165, 1.54) is 13.8 Å². The van der Waals surface area contributed by atoms with Crippen molar-refractivity contribution in [3.8, 4) is 0 Å². The molecule has 8 unspecified atom stereocenters. The number of carbonyl (C=O) groups is 6. The molecular formula is C46H43N5O7. The van der Waals surface area contributed by atoms with Gasteiger partial charge in [-0.1, -0.05) is 57.7 Å². The molecule has 294 valence electrons. The highest BCUT2D eigenvalue weighted by Gasteiger charge is 2.44. The molecule has 2 fully saturated rings. The molecule has 6 aliphatic rings. The molecule has 0 spiro atoms. The van der Waals surface area contributed by atoms with Crippen molar-refractivity contribution in [1.82, 2.24) is 24.9 Å². The maximum absolute atomic E-state index is 13.4. The lowest BCUT2D eigenvalue weighted by molar-refractivity contribution is -0.127. The number of fused-ring (bicyclic) bond motifs is 12. The number of aromatic amines is 2. The molecule has 2 aromatic rings. The fourth-order valence-electron chi connectivity index (χ4n) is 8.54. The van der Waals surface area contributed by atoms with Crippen LogP contribution in [0.3, 0.4) is 0 Å². The number of aliphatic hydroxyl groups is 1. The second kappa shape index (κ2) is 14.3. The van der Waals surface area contributed by atoms with Crippen molar-refractivity contribution in [2.24, 2.45) is 29.6 Å². The normalized spacial score (nSPS) is 28.2. The van der Waals surface area contributed by atoms with Crippen LogP contribution in [-0.2, 0) is 34.4 Å². The van der Waals surface area contributed by atoms with Gasteiger partial charge in [0.05, 0.1) is 28.9 Å². The van der Waals surface area contributed by atoms with Crippen molar-refractivity contribution in [3.63, 3.8) is 0 Å². The van der Waals surface area contributed by atoms with Gasteiger partial charge in [0, 0.05) is 73.7 Å². The molecule has 0 amide bonds. The topological polar surface area (TPSA) is 193 Å². The number of allylic oxidation sites excluding steroid dienone is 8. The number of carbonyl (C=O) groups excluding carboxylic acids is 6. The Labute approximate surface area is 333 Å². The van der Waals surface area contributed by atoms with Crippen LogP contribution in [0.5, 0.6) is 0 Å². The van der Waals surface area contributed by atoms with E-state index in [0.29, 0.717) is 63.2 Å². The minimum absolute atomic E-state index is 0.0428. The Kier molecular flexibility index (Phi) is 9.50. The lowest BCUT2D eigenvalue weighted by Gasteiger charge is -2.28. The summed E-state index contributed by atoms with van der Waals surface area (Å²) in [4.78, 5) is 99.1. The third-order valence-corrected chi connectivity index (χ3v) is 12.1. The molecule has 0 radical (unpaired) electrons. The standard InChI is InChI=1S/C46H43N5O7/c1-7-25(20-55)41-36-16-37-46(6,58)31(24(5)56)11-9-27-13-30(27)33(48-37)14-32-29-12-26(29)8-10-28-42(43(28)57)35(47-32)15-34-38(21(2)17-52)39(22(3)18-53)44(49-34)51-45(50-36)40(41)23(4)19-54/h8-11,13-20,22-23,25-28,31,47,58H,2,7,12H2,1,3-6H3,(H,49,50,51)/b10-8-,11-9-,32-29+,33-14?,34-15?,36-16?,42-35+,48-37?. The van der Waals surface area contributed by atoms with Gasteiger partial charge >= 0.3 is 0 Å². The van der Waals surface area contributed by atoms with Crippen LogP contribution in [0.4, 0.5) is 0 Å². The second-order valence-electron chi connectivity index (χ2n) is 16.1. The summed E-state index contributed by atoms with van der Waals surface area (Å²) in [6.45, 7) is 12.1. The van der Waals surface area contributed by atoms with E-state index in [1.807, 2.05) is 37.3 Å². The Morgan fingerprint density at radius 1 is 0.948 bits per heavy atom. The molecule has 5 heterocycles. The van der Waals surface area contributed by atoms with E-state index >= 15 is 0 Å². The summed E-state index contributed by atoms with van der Waals surface area (Å²) < 4.78 is 0. The maximum atomic E-state index is 13.4. The molecule has 8 atom stereocenters. The monoisotopic (exact) mass is 777 g/mol. The number of nitrogens with zero attached hydrogens (tertiary/aromatic N) is 3. The van der Waals surface area contributed by atoms with Crippen LogP contribution >= 0.6 is 0 Å². The summed E-state index contributed by atoms with van der Waals surface area (Å²) in [5.74, 6) is -4.21. The van der Waals surface area contributed by atoms with Crippen LogP contribution in [0.25, 0.3) is 39.0 Å². The summed E-state index contributed by atoms with van der Waals surface area (Å²) in [5.41, 5.74) is 3.40. The zero-order valence-electron chi connectivity index (χ0n) is 32.8. The predicted octanol–water partition coefficient (Wildman–Crippen LogP) is 4.39. The number of aromatic nitrogens is 5. The Morgan fingerprint density at radius 2 is 1.69 bits per heavy atom. The van der Waals surface area contributed by atoms with Crippen LogP contribution in [0.15, 0.2) is 60.7 Å². The summed E-state index contributed by atoms with van der Waals surface area (Å²) in [5, 5.41) is 13.6. The Morgan fingerprint density at radius 3 is 2.36 bits per heavy atom.